The van der Waals surface area contributed by atoms with Gasteiger partial charge in [-0.3, -0.25) is 9.52 Å². The zero-order chi connectivity index (χ0) is 23.0. The molecule has 0 unspecified atom stereocenters. The molecule has 3 rings (SSSR count). The highest BCUT2D eigenvalue weighted by Gasteiger charge is 2.22. The number of hydrogen-bond donors (Lipinski definition) is 2. The Kier molecular flexibility index (Phi) is 8.53. The summed E-state index contributed by atoms with van der Waals surface area (Å²) in [5, 5.41) is 2.83. The zero-order valence-electron chi connectivity index (χ0n) is 18.7. The van der Waals surface area contributed by atoms with E-state index >= 15 is 0 Å². The van der Waals surface area contributed by atoms with E-state index in [0.717, 1.165) is 18.4 Å². The molecule has 1 amide bonds. The minimum absolute atomic E-state index is 0.0890. The Morgan fingerprint density at radius 1 is 1.06 bits per heavy atom. The summed E-state index contributed by atoms with van der Waals surface area (Å²) < 4.78 is 39.5. The number of amides is 1. The normalized spacial score (nSPS) is 14.7. The van der Waals surface area contributed by atoms with Gasteiger partial charge in [-0.2, -0.15) is 0 Å². The van der Waals surface area contributed by atoms with E-state index in [-0.39, 0.29) is 22.1 Å². The van der Waals surface area contributed by atoms with Gasteiger partial charge in [0.25, 0.3) is 15.9 Å². The van der Waals surface area contributed by atoms with Gasteiger partial charge in [-0.15, -0.1) is 0 Å². The molecule has 8 heteroatoms. The molecule has 1 saturated carbocycles. The van der Waals surface area contributed by atoms with Gasteiger partial charge in [-0.1, -0.05) is 37.0 Å². The third kappa shape index (κ3) is 6.71. The second-order valence-electron chi connectivity index (χ2n) is 8.08. The molecule has 0 spiro atoms. The van der Waals surface area contributed by atoms with Crippen molar-refractivity contribution in [2.75, 3.05) is 25.0 Å². The van der Waals surface area contributed by atoms with Crippen molar-refractivity contribution in [2.24, 2.45) is 0 Å². The summed E-state index contributed by atoms with van der Waals surface area (Å²) in [7, 11) is -2.55. The molecule has 1 aliphatic rings. The highest BCUT2D eigenvalue weighted by molar-refractivity contribution is 7.92. The van der Waals surface area contributed by atoms with E-state index in [1.807, 2.05) is 19.1 Å². The Balaban J connectivity index is 1.60. The number of anilines is 1. The van der Waals surface area contributed by atoms with Gasteiger partial charge < -0.3 is 14.8 Å². The number of carbonyl (C=O) groups is 1. The number of sulfonamides is 1. The van der Waals surface area contributed by atoms with Crippen LogP contribution in [0.3, 0.4) is 0 Å². The number of methoxy groups -OCH3 is 1. The average Bonchev–Trinajstić information content (AvgIpc) is 2.80. The summed E-state index contributed by atoms with van der Waals surface area (Å²) in [5.41, 5.74) is 1.71. The van der Waals surface area contributed by atoms with E-state index in [1.165, 1.54) is 38.5 Å². The van der Waals surface area contributed by atoms with Crippen LogP contribution in [-0.4, -0.2) is 40.7 Å². The maximum absolute atomic E-state index is 13.0. The number of nitrogens with one attached hydrogen (secondary N) is 2. The average molecular weight is 461 g/mol. The molecule has 174 valence electrons. The lowest BCUT2D eigenvalue weighted by atomic mass is 9.98. The Bertz CT molecular complexity index is 1000. The second kappa shape index (κ2) is 11.3. The molecular weight excluding hydrogens is 428 g/mol. The van der Waals surface area contributed by atoms with Gasteiger partial charge in [-0.05, 0) is 56.5 Å². The summed E-state index contributed by atoms with van der Waals surface area (Å²) in [5.74, 6) is -0.167. The number of benzene rings is 2. The van der Waals surface area contributed by atoms with E-state index < -0.39 is 10.0 Å². The fourth-order valence-corrected chi connectivity index (χ4v) is 4.97. The lowest BCUT2D eigenvalue weighted by Gasteiger charge is -2.21. The molecule has 1 fully saturated rings. The summed E-state index contributed by atoms with van der Waals surface area (Å²) in [6.45, 7) is 2.99. The first kappa shape index (κ1) is 24.1. The topological polar surface area (TPSA) is 93.7 Å². The Labute approximate surface area is 190 Å². The predicted molar refractivity (Wildman–Crippen MR) is 125 cm³/mol. The van der Waals surface area contributed by atoms with E-state index in [2.05, 4.69) is 10.0 Å². The maximum Gasteiger partial charge on any atom is 0.265 e. The first-order chi connectivity index (χ1) is 15.4. The third-order valence-electron chi connectivity index (χ3n) is 5.53. The molecule has 0 atom stereocenters. The van der Waals surface area contributed by atoms with Crippen molar-refractivity contribution in [3.63, 3.8) is 0 Å². The van der Waals surface area contributed by atoms with Crippen LogP contribution in [0.4, 0.5) is 5.69 Å². The first-order valence-corrected chi connectivity index (χ1v) is 12.5. The van der Waals surface area contributed by atoms with Gasteiger partial charge in [0.15, 0.2) is 0 Å². The number of rotatable bonds is 10. The molecule has 2 aromatic carbocycles. The Hall–Kier alpha value is -2.58. The van der Waals surface area contributed by atoms with Gasteiger partial charge in [-0.25, -0.2) is 8.42 Å². The summed E-state index contributed by atoms with van der Waals surface area (Å²) in [6, 6.07) is 11.4. The van der Waals surface area contributed by atoms with E-state index in [0.29, 0.717) is 31.4 Å². The molecular formula is C24H32N2O5S. The van der Waals surface area contributed by atoms with Crippen molar-refractivity contribution in [3.8, 4) is 5.75 Å². The van der Waals surface area contributed by atoms with Crippen molar-refractivity contribution in [3.05, 3.63) is 53.6 Å². The van der Waals surface area contributed by atoms with Crippen LogP contribution in [0.25, 0.3) is 0 Å². The van der Waals surface area contributed by atoms with Crippen molar-refractivity contribution in [1.82, 2.24) is 5.32 Å². The van der Waals surface area contributed by atoms with Gasteiger partial charge in [0.1, 0.15) is 10.6 Å². The van der Waals surface area contributed by atoms with Crippen molar-refractivity contribution >= 4 is 21.6 Å². The molecule has 32 heavy (non-hydrogen) atoms. The molecule has 1 aliphatic carbocycles. The summed E-state index contributed by atoms with van der Waals surface area (Å²) in [4.78, 5) is 12.5. The monoisotopic (exact) mass is 460 g/mol. The molecule has 0 radical (unpaired) electrons. The van der Waals surface area contributed by atoms with Crippen LogP contribution in [0, 0.1) is 6.92 Å². The minimum Gasteiger partial charge on any atom is -0.495 e. The number of hydrogen-bond acceptors (Lipinski definition) is 5. The van der Waals surface area contributed by atoms with Crippen molar-refractivity contribution < 1.29 is 22.7 Å². The third-order valence-corrected chi connectivity index (χ3v) is 6.93. The smallest absolute Gasteiger partial charge is 0.265 e. The SMILES string of the molecule is COc1ccc(C(=O)NCCCOC2CCCCC2)cc1S(=O)(=O)Nc1ccc(C)cc1. The van der Waals surface area contributed by atoms with Crippen LogP contribution in [0.1, 0.15) is 54.4 Å². The largest absolute Gasteiger partial charge is 0.495 e. The summed E-state index contributed by atoms with van der Waals surface area (Å²) >= 11 is 0. The lowest BCUT2D eigenvalue weighted by molar-refractivity contribution is 0.0273. The van der Waals surface area contributed by atoms with E-state index in [1.54, 1.807) is 18.2 Å². The fourth-order valence-electron chi connectivity index (χ4n) is 3.72. The van der Waals surface area contributed by atoms with Crippen molar-refractivity contribution in [1.29, 1.82) is 0 Å². The molecule has 7 nitrogen and oxygen atoms in total. The second-order valence-corrected chi connectivity index (χ2v) is 9.73. The Morgan fingerprint density at radius 2 is 1.78 bits per heavy atom. The van der Waals surface area contributed by atoms with Crippen molar-refractivity contribution in [2.45, 2.75) is 56.4 Å². The van der Waals surface area contributed by atoms with Crippen LogP contribution >= 0.6 is 0 Å². The van der Waals surface area contributed by atoms with Crippen LogP contribution in [-0.2, 0) is 14.8 Å². The lowest BCUT2D eigenvalue weighted by Crippen LogP contribution is -2.26. The standard InChI is InChI=1S/C24H32N2O5S/c1-18-9-12-20(13-10-18)26-32(28,29)23-17-19(11-14-22(23)30-2)24(27)25-15-6-16-31-21-7-4-3-5-8-21/h9-14,17,21,26H,3-8,15-16H2,1-2H3,(H,25,27). The first-order valence-electron chi connectivity index (χ1n) is 11.1. The Morgan fingerprint density at radius 3 is 2.47 bits per heavy atom. The summed E-state index contributed by atoms with van der Waals surface area (Å²) in [6.07, 6.45) is 7.02. The van der Waals surface area contributed by atoms with Crippen LogP contribution in [0.15, 0.2) is 47.4 Å². The van der Waals surface area contributed by atoms with E-state index in [9.17, 15) is 13.2 Å². The quantitative estimate of drug-likeness (QED) is 0.517. The van der Waals surface area contributed by atoms with Gasteiger partial charge in [0.2, 0.25) is 0 Å². The van der Waals surface area contributed by atoms with Gasteiger partial charge in [0.05, 0.1) is 13.2 Å². The highest BCUT2D eigenvalue weighted by Crippen LogP contribution is 2.27. The molecule has 0 aromatic heterocycles. The fraction of sp³-hybridized carbons (Fsp3) is 0.458. The highest BCUT2D eigenvalue weighted by atomic mass is 32.2. The van der Waals surface area contributed by atoms with Gasteiger partial charge >= 0.3 is 0 Å². The molecule has 0 aliphatic heterocycles. The molecule has 0 heterocycles. The minimum atomic E-state index is -3.94. The predicted octanol–water partition coefficient (Wildman–Crippen LogP) is 4.27. The number of aryl methyl sites for hydroxylation is 1. The van der Waals surface area contributed by atoms with E-state index in [4.69, 9.17) is 9.47 Å². The zero-order valence-corrected chi connectivity index (χ0v) is 19.5. The van der Waals surface area contributed by atoms with Crippen LogP contribution in [0.2, 0.25) is 0 Å². The molecule has 0 saturated heterocycles. The molecule has 2 N–H and O–H groups in total. The van der Waals surface area contributed by atoms with Crippen LogP contribution < -0.4 is 14.8 Å². The van der Waals surface area contributed by atoms with Crippen LogP contribution in [0.5, 0.6) is 5.75 Å². The number of carbonyl (C=O) groups excluding carboxylic acids is 1. The van der Waals surface area contributed by atoms with Gasteiger partial charge in [0, 0.05) is 24.4 Å². The molecule has 2 aromatic rings. The molecule has 0 bridgehead atoms. The number of ether oxygens (including phenoxy) is 2. The maximum atomic E-state index is 13.0.